The number of aromatic nitrogens is 2. The zero-order chi connectivity index (χ0) is 16.8. The molecule has 0 spiro atoms. The molecule has 0 saturated heterocycles. The SMILES string of the molecule is Cc1[nH]nc(N)c1C(O)C(O)CNC(=O)OCc1ccccc1. The molecule has 0 aliphatic rings. The van der Waals surface area contributed by atoms with E-state index in [2.05, 4.69) is 15.5 Å². The van der Waals surface area contributed by atoms with Crippen molar-refractivity contribution in [1.29, 1.82) is 0 Å². The second kappa shape index (κ2) is 7.61. The van der Waals surface area contributed by atoms with Crippen molar-refractivity contribution in [3.8, 4) is 0 Å². The van der Waals surface area contributed by atoms with Gasteiger partial charge in [0.15, 0.2) is 5.82 Å². The molecule has 23 heavy (non-hydrogen) atoms. The van der Waals surface area contributed by atoms with Gasteiger partial charge in [0.05, 0.1) is 0 Å². The number of nitrogens with one attached hydrogen (secondary N) is 2. The maximum Gasteiger partial charge on any atom is 0.407 e. The number of carbonyl (C=O) groups is 1. The molecule has 2 rings (SSSR count). The Bertz CT molecular complexity index is 625. The third-order valence-corrected chi connectivity index (χ3v) is 3.35. The van der Waals surface area contributed by atoms with Gasteiger partial charge in [-0.3, -0.25) is 5.10 Å². The number of benzene rings is 1. The number of rotatable bonds is 6. The maximum atomic E-state index is 11.6. The lowest BCUT2D eigenvalue weighted by molar-refractivity contribution is 0.0185. The van der Waals surface area contributed by atoms with E-state index in [0.29, 0.717) is 11.3 Å². The van der Waals surface area contributed by atoms with Crippen molar-refractivity contribution in [3.05, 3.63) is 47.2 Å². The highest BCUT2D eigenvalue weighted by Gasteiger charge is 2.24. The highest BCUT2D eigenvalue weighted by Crippen LogP contribution is 2.24. The second-order valence-electron chi connectivity index (χ2n) is 5.10. The van der Waals surface area contributed by atoms with Crippen LogP contribution < -0.4 is 11.1 Å². The van der Waals surface area contributed by atoms with E-state index in [9.17, 15) is 15.0 Å². The van der Waals surface area contributed by atoms with Crippen LogP contribution in [-0.2, 0) is 11.3 Å². The van der Waals surface area contributed by atoms with E-state index in [1.807, 2.05) is 30.3 Å². The summed E-state index contributed by atoms with van der Waals surface area (Å²) in [5.41, 5.74) is 7.35. The summed E-state index contributed by atoms with van der Waals surface area (Å²) >= 11 is 0. The Balaban J connectivity index is 1.79. The van der Waals surface area contributed by atoms with E-state index in [0.717, 1.165) is 5.56 Å². The summed E-state index contributed by atoms with van der Waals surface area (Å²) in [6.07, 6.45) is -3.18. The van der Waals surface area contributed by atoms with Gasteiger partial charge in [-0.2, -0.15) is 5.10 Å². The van der Waals surface area contributed by atoms with Crippen LogP contribution in [0.1, 0.15) is 22.9 Å². The Morgan fingerprint density at radius 2 is 2.09 bits per heavy atom. The number of alkyl carbamates (subject to hydrolysis) is 1. The van der Waals surface area contributed by atoms with E-state index < -0.39 is 18.3 Å². The molecular weight excluding hydrogens is 300 g/mol. The smallest absolute Gasteiger partial charge is 0.407 e. The Labute approximate surface area is 133 Å². The quantitative estimate of drug-likeness (QED) is 0.530. The molecule has 0 bridgehead atoms. The van der Waals surface area contributed by atoms with Crippen LogP contribution in [0.25, 0.3) is 0 Å². The van der Waals surface area contributed by atoms with Crippen LogP contribution >= 0.6 is 0 Å². The summed E-state index contributed by atoms with van der Waals surface area (Å²) in [5, 5.41) is 28.8. The van der Waals surface area contributed by atoms with Gasteiger partial charge in [0, 0.05) is 17.8 Å². The van der Waals surface area contributed by atoms with Gasteiger partial charge in [-0.15, -0.1) is 0 Å². The number of carbonyl (C=O) groups excluding carboxylic acids is 1. The summed E-state index contributed by atoms with van der Waals surface area (Å²) in [5.74, 6) is 0.112. The Morgan fingerprint density at radius 1 is 1.39 bits per heavy atom. The molecule has 0 aliphatic carbocycles. The predicted octanol–water partition coefficient (Wildman–Crippen LogP) is 0.621. The summed E-state index contributed by atoms with van der Waals surface area (Å²) in [7, 11) is 0. The van der Waals surface area contributed by atoms with Crippen molar-refractivity contribution in [2.45, 2.75) is 25.7 Å². The molecule has 6 N–H and O–H groups in total. The van der Waals surface area contributed by atoms with Gasteiger partial charge in [-0.05, 0) is 12.5 Å². The number of nitrogens with two attached hydrogens (primary N) is 1. The average molecular weight is 320 g/mol. The summed E-state index contributed by atoms with van der Waals surface area (Å²) in [6, 6.07) is 9.21. The maximum absolute atomic E-state index is 11.6. The summed E-state index contributed by atoms with van der Waals surface area (Å²) < 4.78 is 5.01. The number of aliphatic hydroxyl groups excluding tert-OH is 2. The highest BCUT2D eigenvalue weighted by molar-refractivity contribution is 5.67. The first-order valence-electron chi connectivity index (χ1n) is 7.10. The lowest BCUT2D eigenvalue weighted by atomic mass is 10.0. The molecule has 0 radical (unpaired) electrons. The van der Waals surface area contributed by atoms with Crippen molar-refractivity contribution >= 4 is 11.9 Å². The number of nitrogens with zero attached hydrogens (tertiary/aromatic N) is 1. The molecule has 2 unspecified atom stereocenters. The van der Waals surface area contributed by atoms with Gasteiger partial charge in [0.1, 0.15) is 18.8 Å². The minimum atomic E-state index is -1.26. The largest absolute Gasteiger partial charge is 0.445 e. The summed E-state index contributed by atoms with van der Waals surface area (Å²) in [4.78, 5) is 11.6. The van der Waals surface area contributed by atoms with Crippen LogP contribution in [0.15, 0.2) is 30.3 Å². The molecular formula is C15H20N4O4. The van der Waals surface area contributed by atoms with Crippen LogP contribution in [-0.4, -0.2) is 39.2 Å². The van der Waals surface area contributed by atoms with Gasteiger partial charge in [0.25, 0.3) is 0 Å². The molecule has 2 atom stereocenters. The van der Waals surface area contributed by atoms with E-state index in [1.54, 1.807) is 6.92 Å². The van der Waals surface area contributed by atoms with Crippen molar-refractivity contribution in [3.63, 3.8) is 0 Å². The number of anilines is 1. The van der Waals surface area contributed by atoms with Crippen molar-refractivity contribution < 1.29 is 19.7 Å². The lowest BCUT2D eigenvalue weighted by Crippen LogP contribution is -2.36. The fourth-order valence-corrected chi connectivity index (χ4v) is 2.10. The summed E-state index contributed by atoms with van der Waals surface area (Å²) in [6.45, 7) is 1.62. The molecule has 8 heteroatoms. The number of hydrogen-bond donors (Lipinski definition) is 5. The minimum Gasteiger partial charge on any atom is -0.445 e. The zero-order valence-corrected chi connectivity index (χ0v) is 12.7. The highest BCUT2D eigenvalue weighted by atomic mass is 16.5. The fourth-order valence-electron chi connectivity index (χ4n) is 2.10. The van der Waals surface area contributed by atoms with Crippen LogP contribution in [0.4, 0.5) is 10.6 Å². The molecule has 1 heterocycles. The topological polar surface area (TPSA) is 133 Å². The number of aryl methyl sites for hydroxylation is 1. The second-order valence-corrected chi connectivity index (χ2v) is 5.10. The van der Waals surface area contributed by atoms with Crippen LogP contribution in [0.5, 0.6) is 0 Å². The molecule has 124 valence electrons. The van der Waals surface area contributed by atoms with E-state index >= 15 is 0 Å². The number of aliphatic hydroxyl groups is 2. The van der Waals surface area contributed by atoms with Crippen molar-refractivity contribution in [2.24, 2.45) is 0 Å². The Kier molecular flexibility index (Phi) is 5.56. The van der Waals surface area contributed by atoms with Crippen molar-refractivity contribution in [1.82, 2.24) is 15.5 Å². The van der Waals surface area contributed by atoms with E-state index in [-0.39, 0.29) is 19.0 Å². The molecule has 0 aliphatic heterocycles. The van der Waals surface area contributed by atoms with Crippen LogP contribution in [0.2, 0.25) is 0 Å². The molecule has 1 amide bonds. The number of H-pyrrole nitrogens is 1. The fraction of sp³-hybridized carbons (Fsp3) is 0.333. The molecule has 8 nitrogen and oxygen atoms in total. The number of hydrogen-bond acceptors (Lipinski definition) is 6. The van der Waals surface area contributed by atoms with Crippen LogP contribution in [0.3, 0.4) is 0 Å². The Hall–Kier alpha value is -2.58. The third-order valence-electron chi connectivity index (χ3n) is 3.35. The Morgan fingerprint density at radius 3 is 2.70 bits per heavy atom. The minimum absolute atomic E-state index is 0.112. The van der Waals surface area contributed by atoms with E-state index in [1.165, 1.54) is 0 Å². The van der Waals surface area contributed by atoms with Gasteiger partial charge in [-0.25, -0.2) is 4.79 Å². The standard InChI is InChI=1S/C15H20N4O4/c1-9-12(14(16)19-18-9)13(21)11(20)7-17-15(22)23-8-10-5-3-2-4-6-10/h2-6,11,13,20-21H,7-8H2,1H3,(H,17,22)(H3,16,18,19). The van der Waals surface area contributed by atoms with Crippen LogP contribution in [0, 0.1) is 6.92 Å². The molecule has 0 fully saturated rings. The first kappa shape index (κ1) is 16.8. The number of amides is 1. The van der Waals surface area contributed by atoms with Gasteiger partial charge < -0.3 is 26.0 Å². The number of nitrogen functional groups attached to an aromatic ring is 1. The first-order chi connectivity index (χ1) is 11.0. The molecule has 2 aromatic rings. The predicted molar refractivity (Wildman–Crippen MR) is 83.3 cm³/mol. The molecule has 1 aromatic carbocycles. The normalized spacial score (nSPS) is 13.3. The number of aromatic amines is 1. The van der Waals surface area contributed by atoms with Gasteiger partial charge in [0.2, 0.25) is 0 Å². The molecule has 1 aromatic heterocycles. The third kappa shape index (κ3) is 4.44. The lowest BCUT2D eigenvalue weighted by Gasteiger charge is -2.18. The van der Waals surface area contributed by atoms with Gasteiger partial charge in [-0.1, -0.05) is 30.3 Å². The average Bonchev–Trinajstić information content (AvgIpc) is 2.89. The monoisotopic (exact) mass is 320 g/mol. The van der Waals surface area contributed by atoms with Crippen molar-refractivity contribution in [2.75, 3.05) is 12.3 Å². The zero-order valence-electron chi connectivity index (χ0n) is 12.7. The number of ether oxygens (including phenoxy) is 1. The van der Waals surface area contributed by atoms with Gasteiger partial charge >= 0.3 is 6.09 Å². The first-order valence-corrected chi connectivity index (χ1v) is 7.10. The van der Waals surface area contributed by atoms with E-state index in [4.69, 9.17) is 10.5 Å². The molecule has 0 saturated carbocycles.